The molecule has 5 nitrogen and oxygen atoms in total. The standard InChI is InChI=1S/C13H9N3O2S/c1-2-6-16-12(3-1)15-19-13(16)14-9-4-5-10-11(7-9)18-8-17-10/h1-7H,8H2/b14-13+. The second kappa shape index (κ2) is 4.10. The highest BCUT2D eigenvalue weighted by Crippen LogP contribution is 2.34. The minimum Gasteiger partial charge on any atom is -0.454 e. The molecular formula is C13H9N3O2S. The van der Waals surface area contributed by atoms with Gasteiger partial charge < -0.3 is 9.47 Å². The Labute approximate surface area is 112 Å². The first kappa shape index (κ1) is 10.6. The van der Waals surface area contributed by atoms with E-state index in [4.69, 9.17) is 9.47 Å². The number of hydrogen-bond donors (Lipinski definition) is 0. The predicted octanol–water partition coefficient (Wildman–Crippen LogP) is 2.36. The van der Waals surface area contributed by atoms with Crippen molar-refractivity contribution in [3.8, 4) is 11.5 Å². The second-order valence-electron chi connectivity index (χ2n) is 4.04. The van der Waals surface area contributed by atoms with Crippen molar-refractivity contribution in [3.05, 3.63) is 47.4 Å². The molecule has 1 aliphatic heterocycles. The normalized spacial score (nSPS) is 14.2. The maximum Gasteiger partial charge on any atom is 0.231 e. The van der Waals surface area contributed by atoms with Crippen LogP contribution in [-0.2, 0) is 0 Å². The second-order valence-corrected chi connectivity index (χ2v) is 4.77. The summed E-state index contributed by atoms with van der Waals surface area (Å²) in [5.74, 6) is 1.50. The molecule has 0 saturated carbocycles. The number of hydrogen-bond acceptors (Lipinski definition) is 5. The first-order chi connectivity index (χ1) is 9.40. The van der Waals surface area contributed by atoms with E-state index in [1.54, 1.807) is 0 Å². The lowest BCUT2D eigenvalue weighted by atomic mass is 10.3. The van der Waals surface area contributed by atoms with Crippen LogP contribution >= 0.6 is 11.5 Å². The first-order valence-electron chi connectivity index (χ1n) is 5.78. The van der Waals surface area contributed by atoms with Crippen LogP contribution in [0, 0.1) is 0 Å². The number of benzene rings is 1. The van der Waals surface area contributed by atoms with E-state index in [2.05, 4.69) is 9.37 Å². The fourth-order valence-corrected chi connectivity index (χ4v) is 2.65. The number of rotatable bonds is 1. The molecule has 3 heterocycles. The summed E-state index contributed by atoms with van der Waals surface area (Å²) in [4.78, 5) is 5.42. The molecule has 0 atom stereocenters. The van der Waals surface area contributed by atoms with E-state index < -0.39 is 0 Å². The number of pyridine rings is 1. The van der Waals surface area contributed by atoms with Crippen molar-refractivity contribution in [3.63, 3.8) is 0 Å². The van der Waals surface area contributed by atoms with Crippen LogP contribution in [0.2, 0.25) is 0 Å². The van der Waals surface area contributed by atoms with Gasteiger partial charge in [-0.15, -0.1) is 0 Å². The highest BCUT2D eigenvalue weighted by atomic mass is 32.1. The number of fused-ring (bicyclic) bond motifs is 2. The van der Waals surface area contributed by atoms with E-state index in [0.29, 0.717) is 0 Å². The van der Waals surface area contributed by atoms with E-state index in [0.717, 1.165) is 27.6 Å². The molecule has 2 aromatic heterocycles. The Hall–Kier alpha value is -2.34. The smallest absolute Gasteiger partial charge is 0.231 e. The fraction of sp³-hybridized carbons (Fsp3) is 0.0769. The lowest BCUT2D eigenvalue weighted by Crippen LogP contribution is -2.04. The van der Waals surface area contributed by atoms with Crippen molar-refractivity contribution >= 4 is 22.9 Å². The molecule has 1 aromatic carbocycles. The van der Waals surface area contributed by atoms with E-state index in [-0.39, 0.29) is 6.79 Å². The van der Waals surface area contributed by atoms with Crippen molar-refractivity contribution in [1.29, 1.82) is 0 Å². The van der Waals surface area contributed by atoms with Crippen molar-refractivity contribution in [2.45, 2.75) is 0 Å². The molecule has 0 fully saturated rings. The monoisotopic (exact) mass is 271 g/mol. The van der Waals surface area contributed by atoms with Gasteiger partial charge in [0.2, 0.25) is 11.6 Å². The molecule has 0 unspecified atom stereocenters. The molecule has 3 aromatic rings. The molecule has 0 spiro atoms. The number of aromatic nitrogens is 2. The molecule has 94 valence electrons. The van der Waals surface area contributed by atoms with Gasteiger partial charge in [0.25, 0.3) is 0 Å². The molecule has 0 aliphatic carbocycles. The van der Waals surface area contributed by atoms with E-state index in [9.17, 15) is 0 Å². The summed E-state index contributed by atoms with van der Waals surface area (Å²) in [6.07, 6.45) is 1.95. The minimum absolute atomic E-state index is 0.275. The average Bonchev–Trinajstić information content (AvgIpc) is 3.06. The van der Waals surface area contributed by atoms with Gasteiger partial charge in [-0.1, -0.05) is 6.07 Å². The van der Waals surface area contributed by atoms with Gasteiger partial charge in [-0.05, 0) is 24.3 Å². The van der Waals surface area contributed by atoms with Gasteiger partial charge in [0.05, 0.1) is 5.69 Å². The summed E-state index contributed by atoms with van der Waals surface area (Å²) in [7, 11) is 0. The van der Waals surface area contributed by atoms with Gasteiger partial charge in [-0.2, -0.15) is 4.37 Å². The van der Waals surface area contributed by atoms with Crippen molar-refractivity contribution in [1.82, 2.24) is 8.77 Å². The van der Waals surface area contributed by atoms with Crippen LogP contribution in [0.1, 0.15) is 0 Å². The Bertz CT molecular complexity index is 822. The summed E-state index contributed by atoms with van der Waals surface area (Å²) in [6.45, 7) is 0.275. The largest absolute Gasteiger partial charge is 0.454 e. The van der Waals surface area contributed by atoms with E-state index in [1.807, 2.05) is 47.0 Å². The van der Waals surface area contributed by atoms with Crippen LogP contribution in [0.25, 0.3) is 5.65 Å². The van der Waals surface area contributed by atoms with Crippen LogP contribution in [0.15, 0.2) is 47.6 Å². The molecule has 6 heteroatoms. The summed E-state index contributed by atoms with van der Waals surface area (Å²) >= 11 is 1.37. The topological polar surface area (TPSA) is 48.1 Å². The maximum atomic E-state index is 5.34. The van der Waals surface area contributed by atoms with Crippen LogP contribution in [0.4, 0.5) is 5.69 Å². The lowest BCUT2D eigenvalue weighted by molar-refractivity contribution is 0.174. The fourth-order valence-electron chi connectivity index (χ4n) is 1.94. The van der Waals surface area contributed by atoms with E-state index >= 15 is 0 Å². The predicted molar refractivity (Wildman–Crippen MR) is 70.9 cm³/mol. The third-order valence-electron chi connectivity index (χ3n) is 2.85. The van der Waals surface area contributed by atoms with Gasteiger partial charge in [0.1, 0.15) is 0 Å². The Balaban J connectivity index is 1.87. The zero-order valence-corrected chi connectivity index (χ0v) is 10.6. The molecule has 19 heavy (non-hydrogen) atoms. The SMILES string of the molecule is c1ccn2/c(=N\c3ccc4c(c3)OCO4)snc2c1. The van der Waals surface area contributed by atoms with Crippen molar-refractivity contribution in [2.24, 2.45) is 4.99 Å². The Morgan fingerprint density at radius 2 is 2.11 bits per heavy atom. The number of nitrogens with zero attached hydrogens (tertiary/aromatic N) is 3. The van der Waals surface area contributed by atoms with Crippen LogP contribution in [0.3, 0.4) is 0 Å². The Kier molecular flexibility index (Phi) is 2.28. The highest BCUT2D eigenvalue weighted by Gasteiger charge is 2.12. The van der Waals surface area contributed by atoms with Crippen molar-refractivity contribution in [2.75, 3.05) is 6.79 Å². The van der Waals surface area contributed by atoms with Crippen LogP contribution in [0.5, 0.6) is 11.5 Å². The van der Waals surface area contributed by atoms with Crippen LogP contribution in [-0.4, -0.2) is 15.6 Å². The van der Waals surface area contributed by atoms with Gasteiger partial charge in [-0.3, -0.25) is 4.40 Å². The molecule has 0 saturated heterocycles. The minimum atomic E-state index is 0.275. The Morgan fingerprint density at radius 1 is 1.16 bits per heavy atom. The molecular weight excluding hydrogens is 262 g/mol. The van der Waals surface area contributed by atoms with E-state index in [1.165, 1.54) is 11.5 Å². The first-order valence-corrected chi connectivity index (χ1v) is 6.55. The van der Waals surface area contributed by atoms with Gasteiger partial charge in [-0.25, -0.2) is 4.99 Å². The lowest BCUT2D eigenvalue weighted by Gasteiger charge is -1.96. The maximum absolute atomic E-state index is 5.34. The Morgan fingerprint density at radius 3 is 3.11 bits per heavy atom. The number of ether oxygens (including phenoxy) is 2. The summed E-state index contributed by atoms with van der Waals surface area (Å²) in [5, 5.41) is 0. The molecule has 4 rings (SSSR count). The molecule has 0 bridgehead atoms. The zero-order chi connectivity index (χ0) is 12.7. The molecule has 0 radical (unpaired) electrons. The third kappa shape index (κ3) is 1.77. The van der Waals surface area contributed by atoms with Crippen molar-refractivity contribution < 1.29 is 9.47 Å². The summed E-state index contributed by atoms with van der Waals surface area (Å²) in [5.41, 5.74) is 1.72. The molecule has 0 amide bonds. The highest BCUT2D eigenvalue weighted by molar-refractivity contribution is 7.03. The third-order valence-corrected chi connectivity index (χ3v) is 3.58. The van der Waals surface area contributed by atoms with Crippen LogP contribution < -0.4 is 14.3 Å². The van der Waals surface area contributed by atoms with Gasteiger partial charge >= 0.3 is 0 Å². The summed E-state index contributed by atoms with van der Waals surface area (Å²) in [6, 6.07) is 11.5. The molecule has 1 aliphatic rings. The summed E-state index contributed by atoms with van der Waals surface area (Å²) < 4.78 is 16.9. The molecule has 0 N–H and O–H groups in total. The zero-order valence-electron chi connectivity index (χ0n) is 9.81. The quantitative estimate of drug-likeness (QED) is 0.682. The van der Waals surface area contributed by atoms with Gasteiger partial charge in [0, 0.05) is 23.8 Å². The average molecular weight is 271 g/mol. The van der Waals surface area contributed by atoms with Gasteiger partial charge in [0.15, 0.2) is 17.1 Å².